The largest absolute Gasteiger partial charge is 0.493 e. The van der Waals surface area contributed by atoms with E-state index >= 15 is 0 Å². The molecule has 2 aromatic carbocycles. The van der Waals surface area contributed by atoms with Crippen molar-refractivity contribution in [3.05, 3.63) is 48.0 Å². The molecule has 0 spiro atoms. The summed E-state index contributed by atoms with van der Waals surface area (Å²) in [6, 6.07) is 10.6. The first-order valence-corrected chi connectivity index (χ1v) is 9.01. The third-order valence-corrected chi connectivity index (χ3v) is 4.42. The Kier molecular flexibility index (Phi) is 7.62. The molecular formula is C19H19F2NO5S. The van der Waals surface area contributed by atoms with E-state index in [9.17, 15) is 18.4 Å². The van der Waals surface area contributed by atoms with Gasteiger partial charge in [0.25, 0.3) is 11.7 Å². The minimum atomic E-state index is -2.68. The predicted octanol–water partition coefficient (Wildman–Crippen LogP) is 4.20. The topological polar surface area (TPSA) is 73.9 Å². The molecule has 0 bridgehead atoms. The fourth-order valence-corrected chi connectivity index (χ4v) is 2.90. The molecular weight excluding hydrogens is 392 g/mol. The molecule has 0 aromatic heterocycles. The van der Waals surface area contributed by atoms with Gasteiger partial charge in [-0.2, -0.15) is 8.78 Å². The van der Waals surface area contributed by atoms with Crippen molar-refractivity contribution in [3.63, 3.8) is 0 Å². The van der Waals surface area contributed by atoms with E-state index in [-0.39, 0.29) is 22.2 Å². The molecule has 0 unspecified atom stereocenters. The standard InChI is InChI=1S/C19H19F2NO5S/c1-11(17(23)22-12-8-9-14(25-2)15(10-12)26-3)27-18(24)13-6-4-5-7-16(13)28-19(20)21/h4-11,19H,1-3H3,(H,22,23)/t11-/m1/s1. The maximum atomic E-state index is 12.6. The van der Waals surface area contributed by atoms with Gasteiger partial charge in [-0.1, -0.05) is 23.9 Å². The van der Waals surface area contributed by atoms with Gasteiger partial charge in [-0.3, -0.25) is 4.79 Å². The highest BCUT2D eigenvalue weighted by molar-refractivity contribution is 7.99. The highest BCUT2D eigenvalue weighted by Crippen LogP contribution is 2.30. The zero-order valence-electron chi connectivity index (χ0n) is 15.4. The van der Waals surface area contributed by atoms with E-state index in [4.69, 9.17) is 14.2 Å². The first-order valence-electron chi connectivity index (χ1n) is 8.13. The van der Waals surface area contributed by atoms with Crippen LogP contribution in [0.15, 0.2) is 47.4 Å². The van der Waals surface area contributed by atoms with Crippen LogP contribution in [0, 0.1) is 0 Å². The molecule has 2 rings (SSSR count). The third kappa shape index (κ3) is 5.59. The minimum Gasteiger partial charge on any atom is -0.493 e. The van der Waals surface area contributed by atoms with Crippen molar-refractivity contribution in [3.8, 4) is 11.5 Å². The lowest BCUT2D eigenvalue weighted by Gasteiger charge is -2.16. The van der Waals surface area contributed by atoms with Crippen LogP contribution in [0.3, 0.4) is 0 Å². The quantitative estimate of drug-likeness (QED) is 0.518. The molecule has 0 fully saturated rings. The number of carbonyl (C=O) groups is 2. The number of thioether (sulfide) groups is 1. The smallest absolute Gasteiger partial charge is 0.340 e. The van der Waals surface area contributed by atoms with Crippen LogP contribution in [-0.4, -0.2) is 38.0 Å². The first-order chi connectivity index (χ1) is 13.3. The van der Waals surface area contributed by atoms with Gasteiger partial charge in [-0.25, -0.2) is 4.79 Å². The summed E-state index contributed by atoms with van der Waals surface area (Å²) in [5, 5.41) is 2.59. The second kappa shape index (κ2) is 9.93. The predicted molar refractivity (Wildman–Crippen MR) is 101 cm³/mol. The van der Waals surface area contributed by atoms with Gasteiger partial charge in [0.2, 0.25) is 0 Å². The Labute approximate surface area is 165 Å². The fourth-order valence-electron chi connectivity index (χ4n) is 2.27. The average Bonchev–Trinajstić information content (AvgIpc) is 2.67. The van der Waals surface area contributed by atoms with Crippen molar-refractivity contribution in [1.29, 1.82) is 0 Å². The van der Waals surface area contributed by atoms with Crippen LogP contribution < -0.4 is 14.8 Å². The van der Waals surface area contributed by atoms with Gasteiger partial charge in [0, 0.05) is 16.6 Å². The van der Waals surface area contributed by atoms with Gasteiger partial charge < -0.3 is 19.5 Å². The maximum Gasteiger partial charge on any atom is 0.340 e. The summed E-state index contributed by atoms with van der Waals surface area (Å²) < 4.78 is 40.7. The second-order valence-electron chi connectivity index (χ2n) is 5.48. The summed E-state index contributed by atoms with van der Waals surface area (Å²) in [7, 11) is 2.95. The SMILES string of the molecule is COc1ccc(NC(=O)[C@@H](C)OC(=O)c2ccccc2SC(F)F)cc1OC. The monoisotopic (exact) mass is 411 g/mol. The lowest BCUT2D eigenvalue weighted by Crippen LogP contribution is -2.30. The molecule has 1 N–H and O–H groups in total. The maximum absolute atomic E-state index is 12.6. The zero-order valence-corrected chi connectivity index (χ0v) is 16.2. The minimum absolute atomic E-state index is 0.0291. The van der Waals surface area contributed by atoms with E-state index in [2.05, 4.69) is 5.32 Å². The third-order valence-electron chi connectivity index (χ3n) is 3.63. The van der Waals surface area contributed by atoms with Gasteiger partial charge in [-0.05, 0) is 31.2 Å². The molecule has 150 valence electrons. The molecule has 0 saturated heterocycles. The molecule has 0 aliphatic heterocycles. The van der Waals surface area contributed by atoms with Gasteiger partial charge in [0.15, 0.2) is 17.6 Å². The molecule has 0 aliphatic rings. The van der Waals surface area contributed by atoms with Gasteiger partial charge in [0.1, 0.15) is 0 Å². The summed E-state index contributed by atoms with van der Waals surface area (Å²) in [4.78, 5) is 24.7. The first kappa shape index (κ1) is 21.5. The number of alkyl halides is 2. The normalized spacial score (nSPS) is 11.6. The molecule has 9 heteroatoms. The summed E-state index contributed by atoms with van der Waals surface area (Å²) in [5.74, 6) is -3.21. The van der Waals surface area contributed by atoms with Crippen molar-refractivity contribution >= 4 is 29.3 Å². The number of rotatable bonds is 8. The molecule has 0 saturated carbocycles. The van der Waals surface area contributed by atoms with Crippen molar-refractivity contribution in [1.82, 2.24) is 0 Å². The molecule has 0 heterocycles. The van der Waals surface area contributed by atoms with Crippen LogP contribution in [0.1, 0.15) is 17.3 Å². The summed E-state index contributed by atoms with van der Waals surface area (Å²) in [6.07, 6.45) is -1.15. The number of nitrogens with one attached hydrogen (secondary N) is 1. The van der Waals surface area contributed by atoms with Crippen molar-refractivity contribution in [2.75, 3.05) is 19.5 Å². The lowest BCUT2D eigenvalue weighted by atomic mass is 10.2. The number of halogens is 2. The number of hydrogen-bond acceptors (Lipinski definition) is 6. The van der Waals surface area contributed by atoms with Crippen molar-refractivity contribution in [2.45, 2.75) is 23.7 Å². The number of ether oxygens (including phenoxy) is 3. The van der Waals surface area contributed by atoms with Gasteiger partial charge in [-0.15, -0.1) is 0 Å². The number of hydrogen-bond donors (Lipinski definition) is 1. The Morgan fingerprint density at radius 1 is 1.04 bits per heavy atom. The summed E-state index contributed by atoms with van der Waals surface area (Å²) in [5.41, 5.74) is 0.387. The second-order valence-corrected chi connectivity index (χ2v) is 6.51. The van der Waals surface area contributed by atoms with Crippen LogP contribution in [-0.2, 0) is 9.53 Å². The highest BCUT2D eigenvalue weighted by atomic mass is 32.2. The lowest BCUT2D eigenvalue weighted by molar-refractivity contribution is -0.123. The Morgan fingerprint density at radius 2 is 1.71 bits per heavy atom. The number of methoxy groups -OCH3 is 2. The number of esters is 1. The molecule has 1 amide bonds. The molecule has 0 radical (unpaired) electrons. The number of benzene rings is 2. The molecule has 0 aliphatic carbocycles. The van der Waals surface area contributed by atoms with Crippen LogP contribution in [0.25, 0.3) is 0 Å². The van der Waals surface area contributed by atoms with Crippen LogP contribution in [0.5, 0.6) is 11.5 Å². The molecule has 2 aromatic rings. The summed E-state index contributed by atoms with van der Waals surface area (Å²) >= 11 is 0.239. The average molecular weight is 411 g/mol. The van der Waals surface area contributed by atoms with Crippen molar-refractivity contribution in [2.24, 2.45) is 0 Å². The molecule has 28 heavy (non-hydrogen) atoms. The molecule has 6 nitrogen and oxygen atoms in total. The Hall–Kier alpha value is -2.81. The fraction of sp³-hybridized carbons (Fsp3) is 0.263. The Balaban J connectivity index is 2.05. The van der Waals surface area contributed by atoms with E-state index in [0.717, 1.165) is 0 Å². The number of anilines is 1. The zero-order chi connectivity index (χ0) is 20.7. The van der Waals surface area contributed by atoms with Crippen LogP contribution in [0.4, 0.5) is 14.5 Å². The van der Waals surface area contributed by atoms with E-state index in [1.165, 1.54) is 45.4 Å². The molecule has 1 atom stereocenters. The van der Waals surface area contributed by atoms with E-state index < -0.39 is 23.7 Å². The highest BCUT2D eigenvalue weighted by Gasteiger charge is 2.22. The Bertz CT molecular complexity index is 847. The van der Waals surface area contributed by atoms with Crippen LogP contribution >= 0.6 is 11.8 Å². The van der Waals surface area contributed by atoms with Gasteiger partial charge in [0.05, 0.1) is 19.8 Å². The summed E-state index contributed by atoms with van der Waals surface area (Å²) in [6.45, 7) is 1.39. The van der Waals surface area contributed by atoms with E-state index in [1.807, 2.05) is 0 Å². The van der Waals surface area contributed by atoms with E-state index in [0.29, 0.717) is 17.2 Å². The Morgan fingerprint density at radius 3 is 2.36 bits per heavy atom. The van der Waals surface area contributed by atoms with E-state index in [1.54, 1.807) is 18.2 Å². The number of amides is 1. The van der Waals surface area contributed by atoms with Crippen molar-refractivity contribution < 1.29 is 32.6 Å². The van der Waals surface area contributed by atoms with Gasteiger partial charge >= 0.3 is 5.97 Å². The number of carbonyl (C=O) groups excluding carboxylic acids is 2. The van der Waals surface area contributed by atoms with Crippen LogP contribution in [0.2, 0.25) is 0 Å².